The first-order chi connectivity index (χ1) is 18.8. The van der Waals surface area contributed by atoms with Gasteiger partial charge in [-0.25, -0.2) is 0 Å². The highest BCUT2D eigenvalue weighted by Gasteiger charge is 2.53. The highest BCUT2D eigenvalue weighted by Crippen LogP contribution is 2.53. The number of piperidine rings is 1. The molecule has 1 aliphatic carbocycles. The summed E-state index contributed by atoms with van der Waals surface area (Å²) in [5, 5.41) is 8.13. The van der Waals surface area contributed by atoms with E-state index in [0.717, 1.165) is 13.0 Å². The molecule has 3 aliphatic rings. The molecule has 4 atom stereocenters. The minimum Gasteiger partial charge on any atom is -0.303 e. The summed E-state index contributed by atoms with van der Waals surface area (Å²) in [6.07, 6.45) is 8.79. The fraction of sp³-hybridized carbons (Fsp3) is 0.457. The van der Waals surface area contributed by atoms with Gasteiger partial charge in [0.25, 0.3) is 0 Å². The van der Waals surface area contributed by atoms with Gasteiger partial charge in [-0.05, 0) is 67.8 Å². The molecule has 3 aromatic carbocycles. The van der Waals surface area contributed by atoms with Crippen molar-refractivity contribution in [2.24, 2.45) is 16.9 Å². The van der Waals surface area contributed by atoms with Crippen molar-refractivity contribution in [3.63, 3.8) is 0 Å². The lowest BCUT2D eigenvalue weighted by molar-refractivity contribution is 0.161. The maximum Gasteiger partial charge on any atom is 0.0801 e. The van der Waals surface area contributed by atoms with E-state index in [9.17, 15) is 0 Å². The number of hydrazone groups is 1. The summed E-state index contributed by atoms with van der Waals surface area (Å²) in [5.74, 6) is 0.987. The number of fused-ring (bicyclic) bond motifs is 1. The predicted molar refractivity (Wildman–Crippen MR) is 158 cm³/mol. The molecule has 0 spiro atoms. The van der Waals surface area contributed by atoms with Gasteiger partial charge in [-0.1, -0.05) is 111 Å². The normalized spacial score (nSPS) is 26.6. The van der Waals surface area contributed by atoms with Gasteiger partial charge in [0.15, 0.2) is 0 Å². The molecule has 0 bridgehead atoms. The van der Waals surface area contributed by atoms with Gasteiger partial charge in [0.1, 0.15) is 0 Å². The molecule has 4 unspecified atom stereocenters. The number of likely N-dealkylation sites (tertiary alicyclic amines) is 1. The molecule has 0 radical (unpaired) electrons. The Kier molecular flexibility index (Phi) is 7.65. The Bertz CT molecular complexity index is 1190. The molecular weight excluding hydrogens is 462 g/mol. The van der Waals surface area contributed by atoms with Crippen molar-refractivity contribution in [2.75, 3.05) is 26.2 Å². The number of benzene rings is 3. The van der Waals surface area contributed by atoms with Crippen molar-refractivity contribution < 1.29 is 0 Å². The lowest BCUT2D eigenvalue weighted by atomic mass is 9.57. The van der Waals surface area contributed by atoms with Crippen LogP contribution in [0.4, 0.5) is 0 Å². The van der Waals surface area contributed by atoms with E-state index in [1.165, 1.54) is 80.6 Å². The molecule has 0 N–H and O–H groups in total. The topological polar surface area (TPSA) is 18.8 Å². The first kappa shape index (κ1) is 25.4. The molecule has 2 heterocycles. The van der Waals surface area contributed by atoms with Gasteiger partial charge in [-0.2, -0.15) is 5.10 Å². The van der Waals surface area contributed by atoms with Gasteiger partial charge in [-0.15, -0.1) is 0 Å². The Labute approximate surface area is 229 Å². The second kappa shape index (κ2) is 11.5. The smallest absolute Gasteiger partial charge is 0.0801 e. The highest BCUT2D eigenvalue weighted by atomic mass is 15.5. The molecule has 2 aliphatic heterocycles. The Morgan fingerprint density at radius 3 is 2.18 bits per heavy atom. The SMILES string of the molecule is CC(CN1CCCCC1)C1(c2ccccc2)CCCC2C1=NN(CCc1ccccc1)C2c1ccccc1. The van der Waals surface area contributed by atoms with Gasteiger partial charge in [0, 0.05) is 24.4 Å². The Hall–Kier alpha value is -2.91. The lowest BCUT2D eigenvalue weighted by Crippen LogP contribution is -2.51. The van der Waals surface area contributed by atoms with Crippen LogP contribution in [0.15, 0.2) is 96.1 Å². The minimum atomic E-state index is -0.00382. The Morgan fingerprint density at radius 1 is 0.816 bits per heavy atom. The van der Waals surface area contributed by atoms with Gasteiger partial charge in [0.2, 0.25) is 0 Å². The van der Waals surface area contributed by atoms with Gasteiger partial charge in [0.05, 0.1) is 11.8 Å². The Balaban J connectivity index is 1.39. The van der Waals surface area contributed by atoms with Gasteiger partial charge >= 0.3 is 0 Å². The molecule has 3 aromatic rings. The second-order valence-electron chi connectivity index (χ2n) is 11.8. The maximum atomic E-state index is 5.66. The van der Waals surface area contributed by atoms with E-state index in [-0.39, 0.29) is 5.41 Å². The predicted octanol–water partition coefficient (Wildman–Crippen LogP) is 7.50. The monoisotopic (exact) mass is 505 g/mol. The van der Waals surface area contributed by atoms with E-state index in [2.05, 4.69) is 108 Å². The molecule has 0 amide bonds. The quantitative estimate of drug-likeness (QED) is 0.316. The first-order valence-electron chi connectivity index (χ1n) is 15.0. The molecule has 1 saturated carbocycles. The van der Waals surface area contributed by atoms with Crippen LogP contribution in [0.1, 0.15) is 68.2 Å². The highest BCUT2D eigenvalue weighted by molar-refractivity contribution is 5.99. The van der Waals surface area contributed by atoms with E-state index in [0.29, 0.717) is 17.9 Å². The molecule has 6 rings (SSSR count). The van der Waals surface area contributed by atoms with Crippen molar-refractivity contribution in [1.29, 1.82) is 0 Å². The zero-order chi connectivity index (χ0) is 25.8. The van der Waals surface area contributed by atoms with Crippen LogP contribution in [0.2, 0.25) is 0 Å². The van der Waals surface area contributed by atoms with E-state index in [1.807, 2.05) is 0 Å². The van der Waals surface area contributed by atoms with Crippen LogP contribution in [0.5, 0.6) is 0 Å². The third-order valence-corrected chi connectivity index (χ3v) is 9.56. The zero-order valence-corrected chi connectivity index (χ0v) is 23.0. The molecule has 3 heteroatoms. The van der Waals surface area contributed by atoms with Crippen LogP contribution in [0.3, 0.4) is 0 Å². The van der Waals surface area contributed by atoms with Crippen LogP contribution < -0.4 is 0 Å². The van der Waals surface area contributed by atoms with Crippen molar-refractivity contribution in [3.8, 4) is 0 Å². The number of hydrogen-bond donors (Lipinski definition) is 0. The number of hydrogen-bond acceptors (Lipinski definition) is 3. The molecule has 2 fully saturated rings. The fourth-order valence-corrected chi connectivity index (χ4v) is 7.70. The van der Waals surface area contributed by atoms with Crippen molar-refractivity contribution in [1.82, 2.24) is 9.91 Å². The largest absolute Gasteiger partial charge is 0.303 e. The fourth-order valence-electron chi connectivity index (χ4n) is 7.70. The van der Waals surface area contributed by atoms with Crippen LogP contribution in [0.25, 0.3) is 0 Å². The number of nitrogens with zero attached hydrogens (tertiary/aromatic N) is 3. The van der Waals surface area contributed by atoms with Crippen molar-refractivity contribution in [3.05, 3.63) is 108 Å². The zero-order valence-electron chi connectivity index (χ0n) is 23.0. The summed E-state index contributed by atoms with van der Waals surface area (Å²) < 4.78 is 0. The van der Waals surface area contributed by atoms with Crippen LogP contribution in [-0.4, -0.2) is 41.8 Å². The summed E-state index contributed by atoms with van der Waals surface area (Å²) in [7, 11) is 0. The van der Waals surface area contributed by atoms with E-state index in [1.54, 1.807) is 0 Å². The summed E-state index contributed by atoms with van der Waals surface area (Å²) in [6.45, 7) is 7.15. The van der Waals surface area contributed by atoms with Crippen LogP contribution in [0, 0.1) is 11.8 Å². The average Bonchev–Trinajstić information content (AvgIpc) is 3.37. The Morgan fingerprint density at radius 2 is 1.47 bits per heavy atom. The average molecular weight is 506 g/mol. The van der Waals surface area contributed by atoms with Crippen LogP contribution >= 0.6 is 0 Å². The summed E-state index contributed by atoms with van der Waals surface area (Å²) in [4.78, 5) is 2.74. The molecule has 0 aromatic heterocycles. The molecule has 198 valence electrons. The van der Waals surface area contributed by atoms with E-state index < -0.39 is 0 Å². The molecular formula is C35H43N3. The van der Waals surface area contributed by atoms with Crippen LogP contribution in [-0.2, 0) is 11.8 Å². The van der Waals surface area contributed by atoms with Gasteiger partial charge < -0.3 is 4.90 Å². The van der Waals surface area contributed by atoms with Crippen molar-refractivity contribution in [2.45, 2.75) is 63.3 Å². The summed E-state index contributed by atoms with van der Waals surface area (Å²) in [5.41, 5.74) is 5.74. The first-order valence-corrected chi connectivity index (χ1v) is 15.0. The maximum absolute atomic E-state index is 5.66. The second-order valence-corrected chi connectivity index (χ2v) is 11.8. The summed E-state index contributed by atoms with van der Waals surface area (Å²) in [6, 6.07) is 33.9. The standard InChI is InChI=1S/C35H43N3/c1-28(27-37-24-12-5-13-25-37)35(31-19-10-4-11-20-31)23-14-21-32-33(30-17-8-3-9-18-30)38(36-34(32)35)26-22-29-15-6-2-7-16-29/h2-4,6-11,15-20,28,32-33H,5,12-14,21-27H2,1H3. The molecule has 3 nitrogen and oxygen atoms in total. The van der Waals surface area contributed by atoms with E-state index in [4.69, 9.17) is 5.10 Å². The molecule has 1 saturated heterocycles. The van der Waals surface area contributed by atoms with E-state index >= 15 is 0 Å². The molecule has 38 heavy (non-hydrogen) atoms. The van der Waals surface area contributed by atoms with Crippen molar-refractivity contribution >= 4 is 5.71 Å². The van der Waals surface area contributed by atoms with Gasteiger partial charge in [-0.3, -0.25) is 5.01 Å². The summed E-state index contributed by atoms with van der Waals surface area (Å²) >= 11 is 0. The third kappa shape index (κ3) is 4.94. The third-order valence-electron chi connectivity index (χ3n) is 9.56. The lowest BCUT2D eigenvalue weighted by Gasteiger charge is -2.47. The minimum absolute atomic E-state index is 0.00382. The number of rotatable bonds is 8.